The topological polar surface area (TPSA) is 88.2 Å². The highest BCUT2D eigenvalue weighted by molar-refractivity contribution is 8.00. The zero-order valence-corrected chi connectivity index (χ0v) is 13.1. The smallest absolute Gasteiger partial charge is 0.326 e. The van der Waals surface area contributed by atoms with Crippen LogP contribution in [-0.4, -0.2) is 33.6 Å². The number of nitrogens with two attached hydrogens (primary N) is 1. The lowest BCUT2D eigenvalue weighted by molar-refractivity contribution is -0.138. The minimum absolute atomic E-state index is 0.195. The maximum Gasteiger partial charge on any atom is 0.326 e. The van der Waals surface area contributed by atoms with E-state index in [1.165, 1.54) is 11.3 Å². The molecular formula is C12H21N3O2S2. The molecule has 1 unspecified atom stereocenters. The van der Waals surface area contributed by atoms with Crippen LogP contribution >= 0.6 is 23.1 Å². The summed E-state index contributed by atoms with van der Waals surface area (Å²) in [5.74, 6) is -1.06. The molecular weight excluding hydrogens is 282 g/mol. The van der Waals surface area contributed by atoms with Crippen molar-refractivity contribution < 1.29 is 9.90 Å². The summed E-state index contributed by atoms with van der Waals surface area (Å²) < 4.78 is 0.195. The van der Waals surface area contributed by atoms with E-state index in [0.717, 1.165) is 24.5 Å². The molecule has 0 amide bonds. The van der Waals surface area contributed by atoms with Crippen LogP contribution < -0.4 is 11.1 Å². The highest BCUT2D eigenvalue weighted by Gasteiger charge is 2.25. The minimum Gasteiger partial charge on any atom is -0.480 e. The molecule has 4 N–H and O–H groups in total. The number of thiazole rings is 1. The standard InChI is InChI=1S/C12H21N3O2S2/c1-4-12(5-2,18-3)7-14-11-15-8(6-19-11)9(13)10(16)17/h6,9H,4-5,7,13H2,1-3H3,(H,14,15)(H,16,17). The summed E-state index contributed by atoms with van der Waals surface area (Å²) in [4.78, 5) is 15.0. The maximum absolute atomic E-state index is 10.8. The molecule has 5 nitrogen and oxygen atoms in total. The quantitative estimate of drug-likeness (QED) is 0.684. The molecule has 0 fully saturated rings. The molecule has 0 bridgehead atoms. The maximum atomic E-state index is 10.8. The SMILES string of the molecule is CCC(CC)(CNc1nc(C(N)C(=O)O)cs1)SC. The Bertz CT molecular complexity index is 411. The van der Waals surface area contributed by atoms with Crippen molar-refractivity contribution in [2.24, 2.45) is 5.73 Å². The number of anilines is 1. The van der Waals surface area contributed by atoms with Gasteiger partial charge in [0.1, 0.15) is 6.04 Å². The fraction of sp³-hybridized carbons (Fsp3) is 0.667. The largest absolute Gasteiger partial charge is 0.480 e. The van der Waals surface area contributed by atoms with Gasteiger partial charge in [-0.2, -0.15) is 11.8 Å². The molecule has 0 aliphatic heterocycles. The van der Waals surface area contributed by atoms with E-state index in [1.54, 1.807) is 5.38 Å². The second-order valence-electron chi connectivity index (χ2n) is 4.34. The monoisotopic (exact) mass is 303 g/mol. The summed E-state index contributed by atoms with van der Waals surface area (Å²) in [5, 5.41) is 14.5. The zero-order valence-electron chi connectivity index (χ0n) is 11.5. The first kappa shape index (κ1) is 16.3. The van der Waals surface area contributed by atoms with Gasteiger partial charge in [-0.05, 0) is 19.1 Å². The molecule has 1 atom stereocenters. The van der Waals surface area contributed by atoms with E-state index in [9.17, 15) is 4.79 Å². The fourth-order valence-electron chi connectivity index (χ4n) is 1.73. The molecule has 0 radical (unpaired) electrons. The number of nitrogens with one attached hydrogen (secondary N) is 1. The van der Waals surface area contributed by atoms with Gasteiger partial charge in [-0.15, -0.1) is 11.3 Å². The summed E-state index contributed by atoms with van der Waals surface area (Å²) in [6, 6.07) is -1.05. The van der Waals surface area contributed by atoms with Gasteiger partial charge >= 0.3 is 5.97 Å². The van der Waals surface area contributed by atoms with Gasteiger partial charge < -0.3 is 16.2 Å². The van der Waals surface area contributed by atoms with Gasteiger partial charge in [-0.3, -0.25) is 4.79 Å². The molecule has 19 heavy (non-hydrogen) atoms. The lowest BCUT2D eigenvalue weighted by Gasteiger charge is -2.29. The van der Waals surface area contributed by atoms with Gasteiger partial charge in [-0.1, -0.05) is 13.8 Å². The van der Waals surface area contributed by atoms with Crippen molar-refractivity contribution in [3.63, 3.8) is 0 Å². The fourth-order valence-corrected chi connectivity index (χ4v) is 3.27. The molecule has 0 aliphatic rings. The second-order valence-corrected chi connectivity index (χ2v) is 6.47. The number of aromatic nitrogens is 1. The average molecular weight is 303 g/mol. The predicted molar refractivity (Wildman–Crippen MR) is 82.0 cm³/mol. The Kier molecular flexibility index (Phi) is 6.09. The summed E-state index contributed by atoms with van der Waals surface area (Å²) >= 11 is 3.24. The molecule has 0 saturated heterocycles. The number of carboxylic acid groups (broad SMARTS) is 1. The van der Waals surface area contributed by atoms with Crippen LogP contribution in [0.3, 0.4) is 0 Å². The molecule has 108 valence electrons. The molecule has 1 heterocycles. The van der Waals surface area contributed by atoms with Gasteiger partial charge in [-0.25, -0.2) is 4.98 Å². The molecule has 1 rings (SSSR count). The number of hydrogen-bond donors (Lipinski definition) is 3. The van der Waals surface area contributed by atoms with Gasteiger partial charge in [0.2, 0.25) is 0 Å². The van der Waals surface area contributed by atoms with Gasteiger partial charge in [0.25, 0.3) is 0 Å². The Morgan fingerprint density at radius 1 is 1.63 bits per heavy atom. The van der Waals surface area contributed by atoms with E-state index in [2.05, 4.69) is 30.4 Å². The van der Waals surface area contributed by atoms with Gasteiger partial charge in [0.15, 0.2) is 5.13 Å². The number of thioether (sulfide) groups is 1. The van der Waals surface area contributed by atoms with E-state index in [1.807, 2.05) is 11.8 Å². The third-order valence-corrected chi connectivity index (χ3v) is 5.80. The van der Waals surface area contributed by atoms with Crippen molar-refractivity contribution in [1.29, 1.82) is 0 Å². The second kappa shape index (κ2) is 7.12. The van der Waals surface area contributed by atoms with Crippen LogP contribution in [0.2, 0.25) is 0 Å². The molecule has 0 spiro atoms. The number of carboxylic acids is 1. The highest BCUT2D eigenvalue weighted by atomic mass is 32.2. The Morgan fingerprint density at radius 3 is 2.74 bits per heavy atom. The van der Waals surface area contributed by atoms with Crippen molar-refractivity contribution in [1.82, 2.24) is 4.98 Å². The number of rotatable bonds is 8. The van der Waals surface area contributed by atoms with Crippen LogP contribution in [0.5, 0.6) is 0 Å². The Balaban J connectivity index is 2.66. The lowest BCUT2D eigenvalue weighted by Crippen LogP contribution is -2.32. The molecule has 0 aliphatic carbocycles. The molecule has 0 aromatic carbocycles. The first-order valence-corrected chi connectivity index (χ1v) is 8.31. The van der Waals surface area contributed by atoms with Crippen molar-refractivity contribution in [2.75, 3.05) is 18.1 Å². The van der Waals surface area contributed by atoms with Crippen LogP contribution in [0.15, 0.2) is 5.38 Å². The average Bonchev–Trinajstić information content (AvgIpc) is 2.89. The number of nitrogens with zero attached hydrogens (tertiary/aromatic N) is 1. The van der Waals surface area contributed by atoms with Crippen LogP contribution in [0.1, 0.15) is 38.4 Å². The Labute approximate surface area is 122 Å². The van der Waals surface area contributed by atoms with Crippen molar-refractivity contribution in [3.8, 4) is 0 Å². The molecule has 7 heteroatoms. The molecule has 0 saturated carbocycles. The van der Waals surface area contributed by atoms with Crippen molar-refractivity contribution in [3.05, 3.63) is 11.1 Å². The van der Waals surface area contributed by atoms with Gasteiger partial charge in [0.05, 0.1) is 5.69 Å². The Hall–Kier alpha value is -0.790. The summed E-state index contributed by atoms with van der Waals surface area (Å²) in [6.07, 6.45) is 4.26. The predicted octanol–water partition coefficient (Wildman–Crippen LogP) is 2.56. The van der Waals surface area contributed by atoms with Crippen molar-refractivity contribution in [2.45, 2.75) is 37.5 Å². The summed E-state index contributed by atoms with van der Waals surface area (Å²) in [6.45, 7) is 5.17. The molecule has 1 aromatic rings. The van der Waals surface area contributed by atoms with Crippen LogP contribution in [0, 0.1) is 0 Å². The van der Waals surface area contributed by atoms with Gasteiger partial charge in [0, 0.05) is 16.7 Å². The zero-order chi connectivity index (χ0) is 14.5. The van der Waals surface area contributed by atoms with E-state index in [-0.39, 0.29) is 4.75 Å². The van der Waals surface area contributed by atoms with E-state index >= 15 is 0 Å². The Morgan fingerprint density at radius 2 is 2.26 bits per heavy atom. The first-order valence-electron chi connectivity index (χ1n) is 6.20. The van der Waals surface area contributed by atoms with Crippen molar-refractivity contribution >= 4 is 34.2 Å². The highest BCUT2D eigenvalue weighted by Crippen LogP contribution is 2.31. The normalized spacial score (nSPS) is 13.3. The van der Waals surface area contributed by atoms with E-state index < -0.39 is 12.0 Å². The van der Waals surface area contributed by atoms with E-state index in [4.69, 9.17) is 10.8 Å². The number of hydrogen-bond acceptors (Lipinski definition) is 6. The lowest BCUT2D eigenvalue weighted by atomic mass is 10.0. The summed E-state index contributed by atoms with van der Waals surface area (Å²) in [5.41, 5.74) is 5.93. The molecule has 1 aromatic heterocycles. The third kappa shape index (κ3) is 4.09. The number of aliphatic carboxylic acids is 1. The summed E-state index contributed by atoms with van der Waals surface area (Å²) in [7, 11) is 0. The first-order chi connectivity index (χ1) is 8.98. The van der Waals surface area contributed by atoms with Crippen LogP contribution in [0.4, 0.5) is 5.13 Å². The van der Waals surface area contributed by atoms with Crippen LogP contribution in [0.25, 0.3) is 0 Å². The van der Waals surface area contributed by atoms with E-state index in [0.29, 0.717) is 5.69 Å². The minimum atomic E-state index is -1.06. The third-order valence-electron chi connectivity index (χ3n) is 3.39. The van der Waals surface area contributed by atoms with Crippen LogP contribution in [-0.2, 0) is 4.79 Å². The number of carbonyl (C=O) groups is 1.